The van der Waals surface area contributed by atoms with E-state index in [0.717, 1.165) is 10.9 Å². The van der Waals surface area contributed by atoms with Crippen LogP contribution in [0.15, 0.2) is 41.0 Å². The van der Waals surface area contributed by atoms with Gasteiger partial charge in [0.1, 0.15) is 17.9 Å². The second-order valence-corrected chi connectivity index (χ2v) is 6.57. The molecule has 0 bridgehead atoms. The lowest BCUT2D eigenvalue weighted by Gasteiger charge is -2.10. The summed E-state index contributed by atoms with van der Waals surface area (Å²) in [5, 5.41) is 2.22. The number of fused-ring (bicyclic) bond motifs is 1. The highest BCUT2D eigenvalue weighted by molar-refractivity contribution is 6.35. The number of ether oxygens (including phenoxy) is 2. The van der Waals surface area contributed by atoms with Crippen LogP contribution in [-0.4, -0.2) is 13.1 Å². The summed E-state index contributed by atoms with van der Waals surface area (Å²) < 4.78 is 15.9. The van der Waals surface area contributed by atoms with Crippen LogP contribution in [0.3, 0.4) is 0 Å². The van der Waals surface area contributed by atoms with Crippen LogP contribution < -0.4 is 4.74 Å². The lowest BCUT2D eigenvalue weighted by molar-refractivity contribution is -0.139. The van der Waals surface area contributed by atoms with E-state index in [1.54, 1.807) is 30.3 Å². The molecule has 0 fully saturated rings. The first kappa shape index (κ1) is 17.9. The third-order valence-electron chi connectivity index (χ3n) is 3.67. The Hall–Kier alpha value is -1.88. The van der Waals surface area contributed by atoms with Crippen molar-refractivity contribution in [3.8, 4) is 5.75 Å². The molecule has 130 valence electrons. The van der Waals surface area contributed by atoms with Crippen molar-refractivity contribution in [3.05, 3.63) is 62.8 Å². The maximum absolute atomic E-state index is 11.4. The van der Waals surface area contributed by atoms with Gasteiger partial charge in [0, 0.05) is 32.6 Å². The topological polar surface area (TPSA) is 48.7 Å². The van der Waals surface area contributed by atoms with Gasteiger partial charge in [-0.15, -0.1) is 0 Å². The number of rotatable bonds is 5. The molecule has 0 aliphatic rings. The number of halogens is 3. The van der Waals surface area contributed by atoms with Crippen molar-refractivity contribution in [2.75, 3.05) is 7.11 Å². The van der Waals surface area contributed by atoms with Crippen molar-refractivity contribution in [1.82, 2.24) is 0 Å². The van der Waals surface area contributed by atoms with Crippen molar-refractivity contribution < 1.29 is 18.7 Å². The van der Waals surface area contributed by atoms with E-state index >= 15 is 0 Å². The molecule has 3 rings (SSSR count). The predicted molar refractivity (Wildman–Crippen MR) is 97.7 cm³/mol. The number of furan rings is 1. The Morgan fingerprint density at radius 1 is 1.08 bits per heavy atom. The highest BCUT2D eigenvalue weighted by Gasteiger charge is 2.14. The van der Waals surface area contributed by atoms with E-state index in [4.69, 9.17) is 44.0 Å². The molecule has 4 nitrogen and oxygen atoms in total. The highest BCUT2D eigenvalue weighted by Crippen LogP contribution is 2.34. The fraction of sp³-hybridized carbons (Fsp3) is 0.167. The molecule has 1 aromatic heterocycles. The first-order valence-electron chi connectivity index (χ1n) is 7.31. The van der Waals surface area contributed by atoms with Gasteiger partial charge in [-0.1, -0.05) is 40.9 Å². The molecular formula is C18H13Cl3O4. The molecule has 0 N–H and O–H groups in total. The smallest absolute Gasteiger partial charge is 0.310 e. The van der Waals surface area contributed by atoms with Gasteiger partial charge in [-0.25, -0.2) is 0 Å². The van der Waals surface area contributed by atoms with Gasteiger partial charge in [0.05, 0.1) is 24.8 Å². The Bertz CT molecular complexity index is 933. The highest BCUT2D eigenvalue weighted by atomic mass is 35.5. The summed E-state index contributed by atoms with van der Waals surface area (Å²) in [4.78, 5) is 11.4. The third kappa shape index (κ3) is 4.03. The molecule has 0 amide bonds. The summed E-state index contributed by atoms with van der Waals surface area (Å²) in [5.74, 6) is 0.107. The van der Waals surface area contributed by atoms with Crippen LogP contribution in [0, 0.1) is 0 Å². The van der Waals surface area contributed by atoms with Gasteiger partial charge in [-0.3, -0.25) is 4.79 Å². The number of methoxy groups -OCH3 is 1. The van der Waals surface area contributed by atoms with Crippen molar-refractivity contribution >= 4 is 51.7 Å². The summed E-state index contributed by atoms with van der Waals surface area (Å²) in [5.41, 5.74) is 2.06. The second-order valence-electron chi connectivity index (χ2n) is 5.32. The van der Waals surface area contributed by atoms with E-state index in [9.17, 15) is 4.79 Å². The monoisotopic (exact) mass is 398 g/mol. The molecular weight excluding hydrogens is 387 g/mol. The van der Waals surface area contributed by atoms with Gasteiger partial charge >= 0.3 is 5.97 Å². The van der Waals surface area contributed by atoms with Crippen LogP contribution in [0.2, 0.25) is 15.1 Å². The van der Waals surface area contributed by atoms with Gasteiger partial charge in [-0.2, -0.15) is 0 Å². The number of carbonyl (C=O) groups excluding carboxylic acids is 1. The molecule has 0 aliphatic heterocycles. The van der Waals surface area contributed by atoms with Gasteiger partial charge in [-0.05, 0) is 18.2 Å². The number of esters is 1. The molecule has 1 heterocycles. The van der Waals surface area contributed by atoms with Crippen molar-refractivity contribution in [1.29, 1.82) is 0 Å². The van der Waals surface area contributed by atoms with Crippen LogP contribution in [0.5, 0.6) is 5.75 Å². The minimum Gasteiger partial charge on any atom is -0.487 e. The predicted octanol–water partition coefficient (Wildman–Crippen LogP) is 5.69. The zero-order chi connectivity index (χ0) is 18.0. The average Bonchev–Trinajstić information content (AvgIpc) is 2.95. The minimum absolute atomic E-state index is 0.112. The van der Waals surface area contributed by atoms with Gasteiger partial charge in [0.2, 0.25) is 0 Å². The Morgan fingerprint density at radius 2 is 1.88 bits per heavy atom. The number of hydrogen-bond donors (Lipinski definition) is 0. The second kappa shape index (κ2) is 7.56. The average molecular weight is 400 g/mol. The van der Waals surface area contributed by atoms with E-state index in [1.807, 2.05) is 0 Å². The Morgan fingerprint density at radius 3 is 2.60 bits per heavy atom. The van der Waals surface area contributed by atoms with Crippen LogP contribution in [0.4, 0.5) is 0 Å². The first-order chi connectivity index (χ1) is 12.0. The van der Waals surface area contributed by atoms with E-state index in [1.165, 1.54) is 13.4 Å². The molecule has 0 unspecified atom stereocenters. The summed E-state index contributed by atoms with van der Waals surface area (Å²) in [6, 6.07) is 8.57. The summed E-state index contributed by atoms with van der Waals surface area (Å²) >= 11 is 18.3. The lowest BCUT2D eigenvalue weighted by atomic mass is 10.1. The molecule has 0 spiro atoms. The van der Waals surface area contributed by atoms with Gasteiger partial charge in [0.15, 0.2) is 0 Å². The normalized spacial score (nSPS) is 10.9. The van der Waals surface area contributed by atoms with Crippen LogP contribution in [-0.2, 0) is 22.6 Å². The zero-order valence-electron chi connectivity index (χ0n) is 13.1. The van der Waals surface area contributed by atoms with E-state index in [0.29, 0.717) is 32.0 Å². The molecule has 0 radical (unpaired) electrons. The van der Waals surface area contributed by atoms with Gasteiger partial charge < -0.3 is 13.9 Å². The first-order valence-corrected chi connectivity index (χ1v) is 8.44. The molecule has 7 heteroatoms. The number of benzene rings is 2. The Balaban J connectivity index is 1.83. The van der Waals surface area contributed by atoms with E-state index < -0.39 is 0 Å². The van der Waals surface area contributed by atoms with Crippen LogP contribution in [0.25, 0.3) is 11.0 Å². The zero-order valence-corrected chi connectivity index (χ0v) is 15.4. The fourth-order valence-electron chi connectivity index (χ4n) is 2.35. The fourth-order valence-corrected chi connectivity index (χ4v) is 3.03. The van der Waals surface area contributed by atoms with Crippen molar-refractivity contribution in [2.24, 2.45) is 0 Å². The Labute approximate surface area is 159 Å². The van der Waals surface area contributed by atoms with Crippen LogP contribution in [0.1, 0.15) is 11.1 Å². The molecule has 2 aromatic carbocycles. The molecule has 0 saturated heterocycles. The largest absolute Gasteiger partial charge is 0.487 e. The van der Waals surface area contributed by atoms with E-state index in [-0.39, 0.29) is 19.0 Å². The lowest BCUT2D eigenvalue weighted by Crippen LogP contribution is -2.03. The Kier molecular flexibility index (Phi) is 5.42. The van der Waals surface area contributed by atoms with Crippen molar-refractivity contribution in [3.63, 3.8) is 0 Å². The molecule has 3 aromatic rings. The molecule has 0 atom stereocenters. The summed E-state index contributed by atoms with van der Waals surface area (Å²) in [6.07, 6.45) is 1.62. The quantitative estimate of drug-likeness (QED) is 0.517. The maximum Gasteiger partial charge on any atom is 0.310 e. The van der Waals surface area contributed by atoms with Crippen molar-refractivity contribution in [2.45, 2.75) is 13.0 Å². The maximum atomic E-state index is 11.4. The molecule has 25 heavy (non-hydrogen) atoms. The van der Waals surface area contributed by atoms with Crippen LogP contribution >= 0.6 is 34.8 Å². The minimum atomic E-state index is -0.350. The standard InChI is InChI=1S/C18H13Cl3O4/c1-23-18(22)4-11-9-24-16-7-17(15(21)6-13(11)16)25-8-10-2-3-12(19)5-14(10)20/h2-3,5-7,9H,4,8H2,1H3. The summed E-state index contributed by atoms with van der Waals surface area (Å²) in [6.45, 7) is 0.233. The third-order valence-corrected chi connectivity index (χ3v) is 4.55. The van der Waals surface area contributed by atoms with Gasteiger partial charge in [0.25, 0.3) is 0 Å². The summed E-state index contributed by atoms with van der Waals surface area (Å²) in [7, 11) is 1.34. The molecule has 0 saturated carbocycles. The van der Waals surface area contributed by atoms with E-state index in [2.05, 4.69) is 4.74 Å². The number of carbonyl (C=O) groups is 1. The number of hydrogen-bond acceptors (Lipinski definition) is 4. The SMILES string of the molecule is COC(=O)Cc1coc2cc(OCc3ccc(Cl)cc3Cl)c(Cl)cc12. The molecule has 0 aliphatic carbocycles.